The number of benzene rings is 1. The fraction of sp³-hybridized carbons (Fsp3) is 0.500. The first-order valence-corrected chi connectivity index (χ1v) is 7.04. The second kappa shape index (κ2) is 8.30. The lowest BCUT2D eigenvalue weighted by atomic mass is 10.1. The predicted octanol–water partition coefficient (Wildman–Crippen LogP) is 3.43. The Bertz CT molecular complexity index is 414. The normalized spacial score (nSPS) is 10.8. The minimum atomic E-state index is -0.422. The molecule has 1 rings (SSSR count). The zero-order valence-corrected chi connectivity index (χ0v) is 13.0. The maximum absolute atomic E-state index is 11.5. The number of ketones is 1. The summed E-state index contributed by atoms with van der Waals surface area (Å²) in [5, 5.41) is 0. The van der Waals surface area contributed by atoms with Crippen molar-refractivity contribution >= 4 is 21.7 Å². The second-order valence-electron chi connectivity index (χ2n) is 3.85. The third kappa shape index (κ3) is 5.30. The van der Waals surface area contributed by atoms with Crippen LogP contribution in [0.15, 0.2) is 22.7 Å². The molecule has 0 unspecified atom stereocenters. The Morgan fingerprint density at radius 2 is 1.89 bits per heavy atom. The largest absolute Gasteiger partial charge is 0.487 e. The molecule has 0 radical (unpaired) electrons. The molecule has 1 aromatic rings. The summed E-state index contributed by atoms with van der Waals surface area (Å²) in [5.74, 6) is 0.498. The zero-order valence-electron chi connectivity index (χ0n) is 11.4. The molecule has 19 heavy (non-hydrogen) atoms. The molecule has 0 atom stereocenters. The molecule has 0 saturated heterocycles. The molecule has 0 amide bonds. The van der Waals surface area contributed by atoms with Gasteiger partial charge in [-0.15, -0.1) is 0 Å². The molecule has 0 aliphatic heterocycles. The molecular weight excluding hydrogens is 312 g/mol. The molecule has 1 aromatic carbocycles. The van der Waals surface area contributed by atoms with Crippen molar-refractivity contribution in [3.8, 4) is 5.75 Å². The van der Waals surface area contributed by atoms with Gasteiger partial charge >= 0.3 is 0 Å². The van der Waals surface area contributed by atoms with Gasteiger partial charge in [0, 0.05) is 17.7 Å². The van der Waals surface area contributed by atoms with Gasteiger partial charge in [-0.05, 0) is 39.0 Å². The maximum atomic E-state index is 11.5. The molecular formula is C14H19BrO4. The van der Waals surface area contributed by atoms with Gasteiger partial charge in [0.25, 0.3) is 0 Å². The van der Waals surface area contributed by atoms with Gasteiger partial charge in [-0.25, -0.2) is 0 Å². The summed E-state index contributed by atoms with van der Waals surface area (Å²) in [7, 11) is 0. The van der Waals surface area contributed by atoms with Crippen molar-refractivity contribution in [2.24, 2.45) is 0 Å². The number of Topliss-reactive ketones (excluding diaryl/α,β-unsaturated/α-hetero) is 1. The molecule has 4 nitrogen and oxygen atoms in total. The van der Waals surface area contributed by atoms with E-state index < -0.39 is 6.29 Å². The Kier molecular flexibility index (Phi) is 7.05. The van der Waals surface area contributed by atoms with E-state index in [9.17, 15) is 4.79 Å². The van der Waals surface area contributed by atoms with Crippen molar-refractivity contribution in [3.05, 3.63) is 28.2 Å². The predicted molar refractivity (Wildman–Crippen MR) is 76.7 cm³/mol. The van der Waals surface area contributed by atoms with E-state index in [1.54, 1.807) is 12.1 Å². The van der Waals surface area contributed by atoms with Crippen LogP contribution in [0.5, 0.6) is 5.75 Å². The Morgan fingerprint density at radius 3 is 2.42 bits per heavy atom. The van der Waals surface area contributed by atoms with E-state index in [0.29, 0.717) is 24.5 Å². The average Bonchev–Trinajstić information content (AvgIpc) is 2.36. The van der Waals surface area contributed by atoms with E-state index in [-0.39, 0.29) is 12.4 Å². The van der Waals surface area contributed by atoms with E-state index in [1.165, 1.54) is 6.92 Å². The number of rotatable bonds is 8. The number of hydrogen-bond acceptors (Lipinski definition) is 4. The monoisotopic (exact) mass is 330 g/mol. The molecule has 0 heterocycles. The highest BCUT2D eigenvalue weighted by Gasteiger charge is 2.13. The highest BCUT2D eigenvalue weighted by atomic mass is 79.9. The van der Waals surface area contributed by atoms with Crippen LogP contribution in [0.2, 0.25) is 0 Å². The number of hydrogen-bond donors (Lipinski definition) is 0. The highest BCUT2D eigenvalue weighted by Crippen LogP contribution is 2.24. The van der Waals surface area contributed by atoms with Gasteiger partial charge < -0.3 is 14.2 Å². The van der Waals surface area contributed by atoms with Crippen LogP contribution >= 0.6 is 15.9 Å². The topological polar surface area (TPSA) is 44.8 Å². The van der Waals surface area contributed by atoms with Crippen molar-refractivity contribution in [2.75, 3.05) is 19.8 Å². The highest BCUT2D eigenvalue weighted by molar-refractivity contribution is 9.10. The smallest absolute Gasteiger partial charge is 0.191 e. The van der Waals surface area contributed by atoms with Crippen LogP contribution in [-0.2, 0) is 9.47 Å². The standard InChI is InChI=1S/C14H19BrO4/c1-4-17-14(18-5-2)9-19-13-8-11(15)6-7-12(13)10(3)16/h6-8,14H,4-5,9H2,1-3H3. The third-order valence-corrected chi connectivity index (χ3v) is 2.90. The Morgan fingerprint density at radius 1 is 1.26 bits per heavy atom. The van der Waals surface area contributed by atoms with Gasteiger partial charge in [0.05, 0.1) is 5.56 Å². The first-order valence-electron chi connectivity index (χ1n) is 6.25. The molecule has 5 heteroatoms. The van der Waals surface area contributed by atoms with E-state index in [1.807, 2.05) is 19.9 Å². The van der Waals surface area contributed by atoms with Gasteiger partial charge in [0.2, 0.25) is 0 Å². The van der Waals surface area contributed by atoms with Crippen LogP contribution in [0.3, 0.4) is 0 Å². The molecule has 0 fully saturated rings. The van der Waals surface area contributed by atoms with Gasteiger partial charge in [0.1, 0.15) is 12.4 Å². The summed E-state index contributed by atoms with van der Waals surface area (Å²) in [5.41, 5.74) is 0.551. The maximum Gasteiger partial charge on any atom is 0.191 e. The van der Waals surface area contributed by atoms with E-state index >= 15 is 0 Å². The van der Waals surface area contributed by atoms with Crippen LogP contribution < -0.4 is 4.74 Å². The second-order valence-corrected chi connectivity index (χ2v) is 4.76. The molecule has 106 valence electrons. The molecule has 0 aromatic heterocycles. The summed E-state index contributed by atoms with van der Waals surface area (Å²) < 4.78 is 17.3. The number of carbonyl (C=O) groups is 1. The van der Waals surface area contributed by atoms with E-state index in [0.717, 1.165) is 4.47 Å². The van der Waals surface area contributed by atoms with Crippen molar-refractivity contribution in [2.45, 2.75) is 27.1 Å². The van der Waals surface area contributed by atoms with Crippen LogP contribution in [0.4, 0.5) is 0 Å². The number of halogens is 1. The fourth-order valence-electron chi connectivity index (χ4n) is 1.58. The summed E-state index contributed by atoms with van der Waals surface area (Å²) >= 11 is 3.36. The first-order chi connectivity index (χ1) is 9.08. The lowest BCUT2D eigenvalue weighted by Gasteiger charge is -2.18. The van der Waals surface area contributed by atoms with Crippen LogP contribution in [0.1, 0.15) is 31.1 Å². The van der Waals surface area contributed by atoms with Crippen molar-refractivity contribution < 1.29 is 19.0 Å². The SMILES string of the molecule is CCOC(COc1cc(Br)ccc1C(C)=O)OCC. The van der Waals surface area contributed by atoms with E-state index in [2.05, 4.69) is 15.9 Å². The van der Waals surface area contributed by atoms with Crippen LogP contribution in [0, 0.1) is 0 Å². The summed E-state index contributed by atoms with van der Waals surface area (Å²) in [6.45, 7) is 6.65. The number of carbonyl (C=O) groups excluding carboxylic acids is 1. The van der Waals surface area contributed by atoms with Crippen molar-refractivity contribution in [1.29, 1.82) is 0 Å². The molecule has 0 spiro atoms. The summed E-state index contributed by atoms with van der Waals surface area (Å²) in [6.07, 6.45) is -0.422. The van der Waals surface area contributed by atoms with E-state index in [4.69, 9.17) is 14.2 Å². The molecule has 0 aliphatic carbocycles. The summed E-state index contributed by atoms with van der Waals surface area (Å²) in [6, 6.07) is 5.32. The van der Waals surface area contributed by atoms with Gasteiger partial charge in [-0.3, -0.25) is 4.79 Å². The lowest BCUT2D eigenvalue weighted by molar-refractivity contribution is -0.152. The first kappa shape index (κ1) is 16.1. The number of ether oxygens (including phenoxy) is 3. The Balaban J connectivity index is 2.74. The van der Waals surface area contributed by atoms with Crippen molar-refractivity contribution in [3.63, 3.8) is 0 Å². The molecule has 0 aliphatic rings. The summed E-state index contributed by atoms with van der Waals surface area (Å²) in [4.78, 5) is 11.5. The Labute approximate surface area is 122 Å². The van der Waals surface area contributed by atoms with Crippen LogP contribution in [0.25, 0.3) is 0 Å². The molecule has 0 N–H and O–H groups in total. The van der Waals surface area contributed by atoms with Crippen LogP contribution in [-0.4, -0.2) is 31.9 Å². The zero-order chi connectivity index (χ0) is 14.3. The Hall–Kier alpha value is -0.910. The third-order valence-electron chi connectivity index (χ3n) is 2.40. The minimum Gasteiger partial charge on any atom is -0.487 e. The lowest BCUT2D eigenvalue weighted by Crippen LogP contribution is -2.25. The quantitative estimate of drug-likeness (QED) is 0.541. The van der Waals surface area contributed by atoms with Crippen molar-refractivity contribution in [1.82, 2.24) is 0 Å². The minimum absolute atomic E-state index is 0.0353. The van der Waals surface area contributed by atoms with Gasteiger partial charge in [0.15, 0.2) is 12.1 Å². The molecule has 0 saturated carbocycles. The van der Waals surface area contributed by atoms with Gasteiger partial charge in [-0.2, -0.15) is 0 Å². The average molecular weight is 331 g/mol. The fourth-order valence-corrected chi connectivity index (χ4v) is 1.92. The van der Waals surface area contributed by atoms with Gasteiger partial charge in [-0.1, -0.05) is 15.9 Å². The molecule has 0 bridgehead atoms.